The number of halogens is 2. The van der Waals surface area contributed by atoms with Gasteiger partial charge in [0.05, 0.1) is 0 Å². The Morgan fingerprint density at radius 3 is 2.70 bits per heavy atom. The maximum atomic E-state index is 13.5. The highest BCUT2D eigenvalue weighted by molar-refractivity contribution is 9.10. The molecule has 0 unspecified atom stereocenters. The summed E-state index contributed by atoms with van der Waals surface area (Å²) < 4.78 is 14.3. The van der Waals surface area contributed by atoms with Crippen LogP contribution >= 0.6 is 15.9 Å². The first-order chi connectivity index (χ1) is 9.67. The molecule has 1 aromatic rings. The Kier molecular flexibility index (Phi) is 6.46. The van der Waals surface area contributed by atoms with Gasteiger partial charge in [0.15, 0.2) is 0 Å². The molecule has 0 radical (unpaired) electrons. The van der Waals surface area contributed by atoms with E-state index in [0.717, 1.165) is 55.1 Å². The van der Waals surface area contributed by atoms with E-state index in [4.69, 9.17) is 0 Å². The van der Waals surface area contributed by atoms with Crippen molar-refractivity contribution in [2.45, 2.75) is 32.7 Å². The molecule has 1 aliphatic heterocycles. The maximum Gasteiger partial charge on any atom is 0.124 e. The standard InChI is InChI=1S/C16H24BrFN2/c1-2-7-20(11-13-3-5-19-6-4-13)12-14-8-15(17)10-16(18)9-14/h8-10,13,19H,2-7,11-12H2,1H3. The molecule has 1 heterocycles. The summed E-state index contributed by atoms with van der Waals surface area (Å²) in [4.78, 5) is 2.47. The predicted molar refractivity (Wildman–Crippen MR) is 85.3 cm³/mol. The van der Waals surface area contributed by atoms with Crippen LogP contribution in [0.25, 0.3) is 0 Å². The largest absolute Gasteiger partial charge is 0.317 e. The highest BCUT2D eigenvalue weighted by Crippen LogP contribution is 2.19. The summed E-state index contributed by atoms with van der Waals surface area (Å²) in [6, 6.07) is 5.18. The van der Waals surface area contributed by atoms with Crippen molar-refractivity contribution in [2.75, 3.05) is 26.2 Å². The maximum absolute atomic E-state index is 13.5. The third kappa shape index (κ3) is 5.15. The van der Waals surface area contributed by atoms with E-state index in [2.05, 4.69) is 33.1 Å². The first-order valence-corrected chi connectivity index (χ1v) is 8.34. The van der Waals surface area contributed by atoms with Crippen LogP contribution in [-0.4, -0.2) is 31.1 Å². The average Bonchev–Trinajstić information content (AvgIpc) is 2.39. The van der Waals surface area contributed by atoms with Crippen LogP contribution in [0.5, 0.6) is 0 Å². The van der Waals surface area contributed by atoms with Gasteiger partial charge in [0.1, 0.15) is 5.82 Å². The molecule has 20 heavy (non-hydrogen) atoms. The van der Waals surface area contributed by atoms with E-state index in [0.29, 0.717) is 0 Å². The van der Waals surface area contributed by atoms with Gasteiger partial charge in [-0.3, -0.25) is 4.90 Å². The number of hydrogen-bond acceptors (Lipinski definition) is 2. The van der Waals surface area contributed by atoms with Crippen LogP contribution < -0.4 is 5.32 Å². The summed E-state index contributed by atoms with van der Waals surface area (Å²) in [5.74, 6) is 0.618. The zero-order valence-corrected chi connectivity index (χ0v) is 13.8. The van der Waals surface area contributed by atoms with E-state index < -0.39 is 0 Å². The SMILES string of the molecule is CCCN(Cc1cc(F)cc(Br)c1)CC1CCNCC1. The minimum Gasteiger partial charge on any atom is -0.317 e. The molecule has 1 N–H and O–H groups in total. The zero-order valence-electron chi connectivity index (χ0n) is 12.2. The molecule has 2 rings (SSSR count). The molecular weight excluding hydrogens is 319 g/mol. The predicted octanol–water partition coefficient (Wildman–Crippen LogP) is 3.80. The molecule has 4 heteroatoms. The quantitative estimate of drug-likeness (QED) is 0.845. The van der Waals surface area contributed by atoms with Gasteiger partial charge < -0.3 is 5.32 Å². The number of nitrogens with one attached hydrogen (secondary N) is 1. The smallest absolute Gasteiger partial charge is 0.124 e. The highest BCUT2D eigenvalue weighted by Gasteiger charge is 2.17. The third-order valence-electron chi connectivity index (χ3n) is 3.84. The van der Waals surface area contributed by atoms with Crippen LogP contribution in [0.3, 0.4) is 0 Å². The summed E-state index contributed by atoms with van der Waals surface area (Å²) in [7, 11) is 0. The van der Waals surface area contributed by atoms with Gasteiger partial charge in [0.2, 0.25) is 0 Å². The molecule has 0 aromatic heterocycles. The van der Waals surface area contributed by atoms with Gasteiger partial charge in [-0.25, -0.2) is 4.39 Å². The first kappa shape index (κ1) is 15.9. The van der Waals surface area contributed by atoms with E-state index in [-0.39, 0.29) is 5.82 Å². The van der Waals surface area contributed by atoms with E-state index in [1.54, 1.807) is 6.07 Å². The lowest BCUT2D eigenvalue weighted by atomic mass is 9.97. The molecule has 1 aliphatic rings. The minimum atomic E-state index is -0.160. The van der Waals surface area contributed by atoms with Crippen LogP contribution in [-0.2, 0) is 6.54 Å². The molecule has 0 saturated carbocycles. The van der Waals surface area contributed by atoms with E-state index in [9.17, 15) is 4.39 Å². The molecule has 0 amide bonds. The van der Waals surface area contributed by atoms with E-state index in [1.807, 2.05) is 6.07 Å². The van der Waals surface area contributed by atoms with Crippen molar-refractivity contribution in [3.8, 4) is 0 Å². The Morgan fingerprint density at radius 1 is 1.30 bits per heavy atom. The van der Waals surface area contributed by atoms with Crippen LogP contribution in [0.1, 0.15) is 31.7 Å². The summed E-state index contributed by atoms with van der Waals surface area (Å²) in [5.41, 5.74) is 1.05. The minimum absolute atomic E-state index is 0.160. The fourth-order valence-corrected chi connectivity index (χ4v) is 3.45. The highest BCUT2D eigenvalue weighted by atomic mass is 79.9. The lowest BCUT2D eigenvalue weighted by Crippen LogP contribution is -2.36. The second-order valence-electron chi connectivity index (χ2n) is 5.71. The van der Waals surface area contributed by atoms with Gasteiger partial charge in [-0.2, -0.15) is 0 Å². The number of nitrogens with zero attached hydrogens (tertiary/aromatic N) is 1. The first-order valence-electron chi connectivity index (χ1n) is 7.55. The van der Waals surface area contributed by atoms with Crippen molar-refractivity contribution in [2.24, 2.45) is 5.92 Å². The Labute approximate surface area is 129 Å². The van der Waals surface area contributed by atoms with Gasteiger partial charge in [-0.05, 0) is 68.6 Å². The van der Waals surface area contributed by atoms with Gasteiger partial charge >= 0.3 is 0 Å². The average molecular weight is 343 g/mol. The lowest BCUT2D eigenvalue weighted by molar-refractivity contribution is 0.198. The Morgan fingerprint density at radius 2 is 2.05 bits per heavy atom. The Hall–Kier alpha value is -0.450. The molecule has 0 bridgehead atoms. The van der Waals surface area contributed by atoms with Gasteiger partial charge in [0, 0.05) is 17.6 Å². The molecule has 0 atom stereocenters. The summed E-state index contributed by atoms with van der Waals surface area (Å²) in [6.07, 6.45) is 3.65. The number of benzene rings is 1. The zero-order chi connectivity index (χ0) is 14.4. The third-order valence-corrected chi connectivity index (χ3v) is 4.30. The van der Waals surface area contributed by atoms with Crippen molar-refractivity contribution in [1.82, 2.24) is 10.2 Å². The molecule has 0 aliphatic carbocycles. The Bertz CT molecular complexity index is 399. The van der Waals surface area contributed by atoms with Crippen molar-refractivity contribution in [3.63, 3.8) is 0 Å². The molecular formula is C16H24BrFN2. The monoisotopic (exact) mass is 342 g/mol. The van der Waals surface area contributed by atoms with Crippen LogP contribution in [0, 0.1) is 11.7 Å². The van der Waals surface area contributed by atoms with E-state index in [1.165, 1.54) is 18.9 Å². The number of hydrogen-bond donors (Lipinski definition) is 1. The molecule has 0 spiro atoms. The lowest BCUT2D eigenvalue weighted by Gasteiger charge is -2.30. The number of rotatable bonds is 6. The van der Waals surface area contributed by atoms with Crippen LogP contribution in [0.15, 0.2) is 22.7 Å². The molecule has 2 nitrogen and oxygen atoms in total. The molecule has 1 aromatic carbocycles. The van der Waals surface area contributed by atoms with Gasteiger partial charge in [-0.1, -0.05) is 22.9 Å². The van der Waals surface area contributed by atoms with Crippen LogP contribution in [0.4, 0.5) is 4.39 Å². The topological polar surface area (TPSA) is 15.3 Å². The fraction of sp³-hybridized carbons (Fsp3) is 0.625. The Balaban J connectivity index is 1.96. The number of piperidine rings is 1. The molecule has 1 saturated heterocycles. The van der Waals surface area contributed by atoms with Gasteiger partial charge in [-0.15, -0.1) is 0 Å². The summed E-state index contributed by atoms with van der Waals surface area (Å²) in [6.45, 7) is 7.53. The summed E-state index contributed by atoms with van der Waals surface area (Å²) in [5, 5.41) is 3.41. The van der Waals surface area contributed by atoms with Crippen molar-refractivity contribution in [3.05, 3.63) is 34.1 Å². The van der Waals surface area contributed by atoms with Crippen molar-refractivity contribution in [1.29, 1.82) is 0 Å². The second kappa shape index (κ2) is 8.11. The fourth-order valence-electron chi connectivity index (χ4n) is 2.94. The summed E-state index contributed by atoms with van der Waals surface area (Å²) >= 11 is 3.37. The van der Waals surface area contributed by atoms with Crippen molar-refractivity contribution >= 4 is 15.9 Å². The molecule has 112 valence electrons. The second-order valence-corrected chi connectivity index (χ2v) is 6.62. The van der Waals surface area contributed by atoms with Gasteiger partial charge in [0.25, 0.3) is 0 Å². The van der Waals surface area contributed by atoms with Crippen molar-refractivity contribution < 1.29 is 4.39 Å². The van der Waals surface area contributed by atoms with E-state index >= 15 is 0 Å². The normalized spacial score (nSPS) is 16.8. The molecule has 1 fully saturated rings. The van der Waals surface area contributed by atoms with Crippen LogP contribution in [0.2, 0.25) is 0 Å².